The van der Waals surface area contributed by atoms with Gasteiger partial charge in [0.2, 0.25) is 5.89 Å². The Morgan fingerprint density at radius 3 is 2.67 bits per heavy atom. The number of rotatable bonds is 6. The second kappa shape index (κ2) is 7.82. The molecule has 0 radical (unpaired) electrons. The fourth-order valence-corrected chi connectivity index (χ4v) is 3.54. The second-order valence-electron chi connectivity index (χ2n) is 7.41. The van der Waals surface area contributed by atoms with Gasteiger partial charge in [-0.25, -0.2) is 4.98 Å². The molecule has 7 nitrogen and oxygen atoms in total. The average Bonchev–Trinajstić information content (AvgIpc) is 3.12. The van der Waals surface area contributed by atoms with Crippen molar-refractivity contribution in [3.8, 4) is 0 Å². The Morgan fingerprint density at radius 2 is 2.00 bits per heavy atom. The monoisotopic (exact) mass is 388 g/mol. The first-order valence-electron chi connectivity index (χ1n) is 8.92. The Balaban J connectivity index is 1.97. The minimum absolute atomic E-state index is 0.0114. The lowest BCUT2D eigenvalue weighted by molar-refractivity contribution is 0.276. The van der Waals surface area contributed by atoms with Crippen LogP contribution < -0.4 is 5.56 Å². The molecule has 0 bridgehead atoms. The third kappa shape index (κ3) is 4.22. The third-order valence-corrected chi connectivity index (χ3v) is 5.19. The molecule has 144 valence electrons. The molecule has 1 N–H and O–H groups in total. The highest BCUT2D eigenvalue weighted by atomic mass is 32.2. The number of aromatic nitrogens is 4. The summed E-state index contributed by atoms with van der Waals surface area (Å²) in [4.78, 5) is 22.1. The van der Waals surface area contributed by atoms with Crippen LogP contribution in [0.5, 0.6) is 0 Å². The molecule has 0 fully saturated rings. The second-order valence-corrected chi connectivity index (χ2v) is 8.72. The van der Waals surface area contributed by atoms with Gasteiger partial charge in [-0.2, -0.15) is 4.98 Å². The molecule has 1 atom stereocenters. The van der Waals surface area contributed by atoms with Gasteiger partial charge in [0.25, 0.3) is 5.56 Å². The number of hydrogen-bond acceptors (Lipinski definition) is 7. The van der Waals surface area contributed by atoms with E-state index in [2.05, 4.69) is 15.1 Å². The highest BCUT2D eigenvalue weighted by Crippen LogP contribution is 2.34. The smallest absolute Gasteiger partial charge is 0.262 e. The number of hydrogen-bond donors (Lipinski definition) is 1. The van der Waals surface area contributed by atoms with Crippen LogP contribution in [0.15, 0.2) is 38.7 Å². The van der Waals surface area contributed by atoms with Gasteiger partial charge in [0.1, 0.15) is 0 Å². The van der Waals surface area contributed by atoms with Crippen LogP contribution in [0.3, 0.4) is 0 Å². The Morgan fingerprint density at radius 1 is 1.26 bits per heavy atom. The molecule has 1 aromatic carbocycles. The third-order valence-electron chi connectivity index (χ3n) is 4.11. The Bertz CT molecular complexity index is 991. The van der Waals surface area contributed by atoms with Crippen molar-refractivity contribution < 1.29 is 9.63 Å². The summed E-state index contributed by atoms with van der Waals surface area (Å²) in [5.74, 6) is 1.15. The summed E-state index contributed by atoms with van der Waals surface area (Å²) in [7, 11) is 0. The van der Waals surface area contributed by atoms with Crippen molar-refractivity contribution in [3.05, 3.63) is 46.3 Å². The zero-order valence-electron chi connectivity index (χ0n) is 16.0. The van der Waals surface area contributed by atoms with Gasteiger partial charge < -0.3 is 9.63 Å². The van der Waals surface area contributed by atoms with Crippen LogP contribution in [0.1, 0.15) is 51.1 Å². The van der Waals surface area contributed by atoms with E-state index in [-0.39, 0.29) is 22.8 Å². The van der Waals surface area contributed by atoms with Crippen LogP contribution in [-0.2, 0) is 12.0 Å². The van der Waals surface area contributed by atoms with Gasteiger partial charge >= 0.3 is 0 Å². The fraction of sp³-hybridized carbons (Fsp3) is 0.474. The highest BCUT2D eigenvalue weighted by Gasteiger charge is 2.24. The lowest BCUT2D eigenvalue weighted by atomic mass is 9.96. The van der Waals surface area contributed by atoms with Gasteiger partial charge in [-0.05, 0) is 25.5 Å². The van der Waals surface area contributed by atoms with Crippen LogP contribution in [0, 0.1) is 0 Å². The van der Waals surface area contributed by atoms with Crippen molar-refractivity contribution in [2.24, 2.45) is 0 Å². The zero-order chi connectivity index (χ0) is 19.6. The number of aliphatic hydroxyl groups excluding tert-OH is 1. The summed E-state index contributed by atoms with van der Waals surface area (Å²) >= 11 is 1.40. The lowest BCUT2D eigenvalue weighted by Gasteiger charge is -2.14. The van der Waals surface area contributed by atoms with Crippen molar-refractivity contribution in [2.75, 3.05) is 6.61 Å². The van der Waals surface area contributed by atoms with Gasteiger partial charge in [-0.15, -0.1) is 0 Å². The molecule has 2 aromatic heterocycles. The minimum atomic E-state index is -0.198. The van der Waals surface area contributed by atoms with Gasteiger partial charge in [0, 0.05) is 18.6 Å². The van der Waals surface area contributed by atoms with Crippen molar-refractivity contribution in [3.63, 3.8) is 0 Å². The molecular formula is C19H24N4O3S. The Labute approximate surface area is 161 Å². The highest BCUT2D eigenvalue weighted by molar-refractivity contribution is 7.99. The minimum Gasteiger partial charge on any atom is -0.396 e. The number of benzene rings is 1. The molecular weight excluding hydrogens is 364 g/mol. The molecule has 3 aromatic rings. The first kappa shape index (κ1) is 19.6. The first-order valence-corrected chi connectivity index (χ1v) is 9.80. The van der Waals surface area contributed by atoms with E-state index >= 15 is 0 Å². The summed E-state index contributed by atoms with van der Waals surface area (Å²) in [5.41, 5.74) is 0.347. The summed E-state index contributed by atoms with van der Waals surface area (Å²) in [6, 6.07) is 7.28. The Hall–Kier alpha value is -2.19. The normalized spacial score (nSPS) is 13.2. The van der Waals surface area contributed by atoms with E-state index in [9.17, 15) is 9.90 Å². The van der Waals surface area contributed by atoms with E-state index in [0.717, 1.165) is 0 Å². The number of thioether (sulfide) groups is 1. The molecule has 27 heavy (non-hydrogen) atoms. The van der Waals surface area contributed by atoms with Gasteiger partial charge in [0.15, 0.2) is 11.0 Å². The predicted molar refractivity (Wildman–Crippen MR) is 105 cm³/mol. The predicted octanol–water partition coefficient (Wildman–Crippen LogP) is 3.31. The average molecular weight is 388 g/mol. The molecule has 3 rings (SSSR count). The van der Waals surface area contributed by atoms with E-state index in [0.29, 0.717) is 40.7 Å². The molecule has 0 saturated carbocycles. The molecule has 8 heteroatoms. The summed E-state index contributed by atoms with van der Waals surface area (Å²) in [6.45, 7) is 8.43. The molecule has 0 aliphatic heterocycles. The quantitative estimate of drug-likeness (QED) is 0.511. The molecule has 0 spiro atoms. The van der Waals surface area contributed by atoms with E-state index in [1.54, 1.807) is 10.6 Å². The SMILES string of the molecule is CC(Sc1nc2ccccc2c(=O)n1CCCO)c1nc(C(C)(C)C)no1. The van der Waals surface area contributed by atoms with E-state index in [1.807, 2.05) is 45.9 Å². The molecule has 2 heterocycles. The summed E-state index contributed by atoms with van der Waals surface area (Å²) < 4.78 is 7.04. The standard InChI is InChI=1S/C19H24N4O3S/c1-12(15-21-17(22-26-15)19(2,3)4)27-18-20-14-9-6-5-8-13(14)16(25)23(18)10-7-11-24/h5-6,8-9,12,24H,7,10-11H2,1-4H3. The number of nitrogens with zero attached hydrogens (tertiary/aromatic N) is 4. The number of fused-ring (bicyclic) bond motifs is 1. The van der Waals surface area contributed by atoms with E-state index in [1.165, 1.54) is 11.8 Å². The van der Waals surface area contributed by atoms with Gasteiger partial charge in [-0.3, -0.25) is 9.36 Å². The lowest BCUT2D eigenvalue weighted by Crippen LogP contribution is -2.24. The maximum atomic E-state index is 12.9. The van der Waals surface area contributed by atoms with Gasteiger partial charge in [0.05, 0.1) is 16.2 Å². The zero-order valence-corrected chi connectivity index (χ0v) is 16.8. The summed E-state index contributed by atoms with van der Waals surface area (Å²) in [6.07, 6.45) is 0.483. The molecule has 0 saturated heterocycles. The van der Waals surface area contributed by atoms with Crippen LogP contribution >= 0.6 is 11.8 Å². The maximum absolute atomic E-state index is 12.9. The molecule has 0 aliphatic carbocycles. The number of aliphatic hydroxyl groups is 1. The fourth-order valence-electron chi connectivity index (χ4n) is 2.58. The molecule has 1 unspecified atom stereocenters. The number of para-hydroxylation sites is 1. The van der Waals surface area contributed by atoms with Crippen LogP contribution in [0.25, 0.3) is 10.9 Å². The largest absolute Gasteiger partial charge is 0.396 e. The van der Waals surface area contributed by atoms with E-state index in [4.69, 9.17) is 4.52 Å². The first-order chi connectivity index (χ1) is 12.8. The topological polar surface area (TPSA) is 94.0 Å². The maximum Gasteiger partial charge on any atom is 0.262 e. The van der Waals surface area contributed by atoms with Crippen LogP contribution in [-0.4, -0.2) is 31.4 Å². The van der Waals surface area contributed by atoms with Gasteiger partial charge in [-0.1, -0.05) is 49.8 Å². The summed E-state index contributed by atoms with van der Waals surface area (Å²) in [5, 5.41) is 14.2. The molecule has 0 aliphatic rings. The van der Waals surface area contributed by atoms with Crippen molar-refractivity contribution in [2.45, 2.75) is 56.5 Å². The van der Waals surface area contributed by atoms with Crippen molar-refractivity contribution in [1.82, 2.24) is 19.7 Å². The van der Waals surface area contributed by atoms with Crippen molar-refractivity contribution in [1.29, 1.82) is 0 Å². The Kier molecular flexibility index (Phi) is 5.67. The molecule has 0 amide bonds. The van der Waals surface area contributed by atoms with E-state index < -0.39 is 0 Å². The van der Waals surface area contributed by atoms with Crippen molar-refractivity contribution >= 4 is 22.7 Å². The van der Waals surface area contributed by atoms with Crippen LogP contribution in [0.2, 0.25) is 0 Å². The van der Waals surface area contributed by atoms with Crippen LogP contribution in [0.4, 0.5) is 0 Å².